The summed E-state index contributed by atoms with van der Waals surface area (Å²) in [4.78, 5) is 0. The molecule has 2 bridgehead atoms. The third kappa shape index (κ3) is 2.07. The normalized spacial score (nSPS) is 31.7. The smallest absolute Gasteiger partial charge is 0.120 e. The van der Waals surface area contributed by atoms with Crippen molar-refractivity contribution >= 4 is 0 Å². The van der Waals surface area contributed by atoms with Gasteiger partial charge >= 0.3 is 0 Å². The van der Waals surface area contributed by atoms with Crippen LogP contribution in [0.2, 0.25) is 0 Å². The lowest BCUT2D eigenvalue weighted by atomic mass is 9.94. The van der Waals surface area contributed by atoms with Crippen molar-refractivity contribution in [2.45, 2.75) is 44.7 Å². The van der Waals surface area contributed by atoms with E-state index in [1.807, 2.05) is 0 Å². The summed E-state index contributed by atoms with van der Waals surface area (Å²) >= 11 is 0. The van der Waals surface area contributed by atoms with Crippen molar-refractivity contribution in [3.8, 4) is 11.5 Å². The average Bonchev–Trinajstić information content (AvgIpc) is 2.94. The predicted molar refractivity (Wildman–Crippen MR) is 70.6 cm³/mol. The predicted octanol–water partition coefficient (Wildman–Crippen LogP) is 2.94. The van der Waals surface area contributed by atoms with Crippen LogP contribution < -0.4 is 5.32 Å². The van der Waals surface area contributed by atoms with Gasteiger partial charge in [-0.1, -0.05) is 6.42 Å². The van der Waals surface area contributed by atoms with Gasteiger partial charge in [0.2, 0.25) is 0 Å². The molecular formula is C15H21NO2. The van der Waals surface area contributed by atoms with E-state index in [0.717, 1.165) is 17.4 Å². The molecule has 98 valence electrons. The first-order chi connectivity index (χ1) is 8.63. The molecule has 0 radical (unpaired) electrons. The number of benzene rings is 1. The Kier molecular flexibility index (Phi) is 2.94. The minimum absolute atomic E-state index is 0.0847. The Morgan fingerprint density at radius 3 is 2.72 bits per heavy atom. The Hall–Kier alpha value is -1.22. The van der Waals surface area contributed by atoms with Gasteiger partial charge in [-0.3, -0.25) is 0 Å². The second-order valence-corrected chi connectivity index (χ2v) is 5.91. The molecule has 2 aliphatic carbocycles. The molecule has 0 spiro atoms. The number of fused-ring (bicyclic) bond motifs is 2. The monoisotopic (exact) mass is 247 g/mol. The van der Waals surface area contributed by atoms with Gasteiger partial charge in [-0.05, 0) is 56.2 Å². The van der Waals surface area contributed by atoms with Crippen molar-refractivity contribution in [3.63, 3.8) is 0 Å². The summed E-state index contributed by atoms with van der Waals surface area (Å²) in [7, 11) is 0. The summed E-state index contributed by atoms with van der Waals surface area (Å²) in [6.07, 6.45) is 5.39. The van der Waals surface area contributed by atoms with Gasteiger partial charge in [0.1, 0.15) is 11.5 Å². The van der Waals surface area contributed by atoms with Gasteiger partial charge in [-0.25, -0.2) is 0 Å². The fourth-order valence-electron chi connectivity index (χ4n) is 3.75. The zero-order chi connectivity index (χ0) is 12.7. The highest BCUT2D eigenvalue weighted by Gasteiger charge is 2.39. The fraction of sp³-hybridized carbons (Fsp3) is 0.600. The minimum atomic E-state index is 0.0847. The van der Waals surface area contributed by atoms with Crippen LogP contribution in [0.3, 0.4) is 0 Å². The Morgan fingerprint density at radius 1 is 1.22 bits per heavy atom. The summed E-state index contributed by atoms with van der Waals surface area (Å²) in [5.41, 5.74) is 0.790. The average molecular weight is 247 g/mol. The topological polar surface area (TPSA) is 52.5 Å². The number of nitrogens with one attached hydrogen (secondary N) is 1. The molecule has 4 unspecified atom stereocenters. The third-order valence-corrected chi connectivity index (χ3v) is 4.68. The maximum atomic E-state index is 9.86. The summed E-state index contributed by atoms with van der Waals surface area (Å²) in [5, 5.41) is 23.0. The Labute approximate surface area is 108 Å². The molecule has 1 aromatic carbocycles. The van der Waals surface area contributed by atoms with Crippen molar-refractivity contribution in [2.24, 2.45) is 11.8 Å². The van der Waals surface area contributed by atoms with Crippen molar-refractivity contribution < 1.29 is 10.2 Å². The maximum Gasteiger partial charge on any atom is 0.120 e. The second kappa shape index (κ2) is 4.47. The van der Waals surface area contributed by atoms with E-state index in [4.69, 9.17) is 0 Å². The van der Waals surface area contributed by atoms with Crippen LogP contribution in [0.1, 0.15) is 44.2 Å². The van der Waals surface area contributed by atoms with E-state index < -0.39 is 0 Å². The molecule has 3 heteroatoms. The zero-order valence-corrected chi connectivity index (χ0v) is 10.8. The second-order valence-electron chi connectivity index (χ2n) is 5.91. The van der Waals surface area contributed by atoms with E-state index in [9.17, 15) is 10.2 Å². The zero-order valence-electron chi connectivity index (χ0n) is 10.8. The van der Waals surface area contributed by atoms with E-state index in [-0.39, 0.29) is 17.5 Å². The fourth-order valence-corrected chi connectivity index (χ4v) is 3.75. The summed E-state index contributed by atoms with van der Waals surface area (Å²) in [5.74, 6) is 2.20. The first kappa shape index (κ1) is 11.8. The molecule has 0 saturated heterocycles. The van der Waals surface area contributed by atoms with Crippen LogP contribution >= 0.6 is 0 Å². The molecular weight excluding hydrogens is 226 g/mol. The summed E-state index contributed by atoms with van der Waals surface area (Å²) < 4.78 is 0. The Morgan fingerprint density at radius 2 is 2.06 bits per heavy atom. The lowest BCUT2D eigenvalue weighted by Gasteiger charge is -2.27. The molecule has 18 heavy (non-hydrogen) atoms. The molecule has 4 atom stereocenters. The largest absolute Gasteiger partial charge is 0.508 e. The molecule has 0 amide bonds. The van der Waals surface area contributed by atoms with Gasteiger partial charge in [-0.2, -0.15) is 0 Å². The van der Waals surface area contributed by atoms with Gasteiger partial charge in [0, 0.05) is 17.6 Å². The van der Waals surface area contributed by atoms with Gasteiger partial charge in [0.05, 0.1) is 0 Å². The van der Waals surface area contributed by atoms with E-state index in [1.165, 1.54) is 31.7 Å². The first-order valence-corrected chi connectivity index (χ1v) is 6.91. The number of aromatic hydroxyl groups is 2. The third-order valence-electron chi connectivity index (χ3n) is 4.68. The number of hydrogen-bond acceptors (Lipinski definition) is 3. The minimum Gasteiger partial charge on any atom is -0.508 e. The highest BCUT2D eigenvalue weighted by Crippen LogP contribution is 2.45. The molecule has 0 aliphatic heterocycles. The Balaban J connectivity index is 1.71. The van der Waals surface area contributed by atoms with E-state index in [2.05, 4.69) is 12.2 Å². The standard InChI is InChI=1S/C15H21NO2/c1-9(13-8-12(17)4-5-15(13)18)16-14-7-10-2-3-11(14)6-10/h4-5,8-11,14,16-18H,2-3,6-7H2,1H3. The van der Waals surface area contributed by atoms with Crippen LogP contribution in [0, 0.1) is 11.8 Å². The van der Waals surface area contributed by atoms with Crippen molar-refractivity contribution in [3.05, 3.63) is 23.8 Å². The molecule has 2 aliphatic rings. The molecule has 0 heterocycles. The van der Waals surface area contributed by atoms with Gasteiger partial charge < -0.3 is 15.5 Å². The molecule has 1 aromatic rings. The molecule has 3 nitrogen and oxygen atoms in total. The van der Waals surface area contributed by atoms with Crippen LogP contribution in [0.5, 0.6) is 11.5 Å². The van der Waals surface area contributed by atoms with Gasteiger partial charge in [-0.15, -0.1) is 0 Å². The van der Waals surface area contributed by atoms with Crippen LogP contribution in [0.15, 0.2) is 18.2 Å². The van der Waals surface area contributed by atoms with Crippen LogP contribution in [-0.2, 0) is 0 Å². The number of phenolic OH excluding ortho intramolecular Hbond substituents is 2. The van der Waals surface area contributed by atoms with Crippen molar-refractivity contribution in [1.82, 2.24) is 5.32 Å². The summed E-state index contributed by atoms with van der Waals surface area (Å²) in [6.45, 7) is 2.06. The van der Waals surface area contributed by atoms with Crippen LogP contribution in [0.25, 0.3) is 0 Å². The highest BCUT2D eigenvalue weighted by atomic mass is 16.3. The lowest BCUT2D eigenvalue weighted by molar-refractivity contribution is 0.322. The number of rotatable bonds is 3. The highest BCUT2D eigenvalue weighted by molar-refractivity contribution is 5.40. The Bertz CT molecular complexity index is 446. The van der Waals surface area contributed by atoms with Gasteiger partial charge in [0.25, 0.3) is 0 Å². The van der Waals surface area contributed by atoms with E-state index in [1.54, 1.807) is 12.1 Å². The quantitative estimate of drug-likeness (QED) is 0.720. The number of phenols is 2. The lowest BCUT2D eigenvalue weighted by Crippen LogP contribution is -2.35. The maximum absolute atomic E-state index is 9.86. The van der Waals surface area contributed by atoms with Crippen molar-refractivity contribution in [1.29, 1.82) is 0 Å². The van der Waals surface area contributed by atoms with Crippen molar-refractivity contribution in [2.75, 3.05) is 0 Å². The molecule has 3 N–H and O–H groups in total. The molecule has 2 saturated carbocycles. The van der Waals surface area contributed by atoms with Crippen LogP contribution in [-0.4, -0.2) is 16.3 Å². The SMILES string of the molecule is CC(NC1CC2CCC1C2)c1cc(O)ccc1O. The summed E-state index contributed by atoms with van der Waals surface area (Å²) in [6, 6.07) is 5.40. The van der Waals surface area contributed by atoms with E-state index >= 15 is 0 Å². The molecule has 2 fully saturated rings. The molecule has 0 aromatic heterocycles. The number of hydrogen-bond donors (Lipinski definition) is 3. The first-order valence-electron chi connectivity index (χ1n) is 6.91. The van der Waals surface area contributed by atoms with Gasteiger partial charge in [0.15, 0.2) is 0 Å². The van der Waals surface area contributed by atoms with E-state index in [0.29, 0.717) is 6.04 Å². The van der Waals surface area contributed by atoms with Crippen LogP contribution in [0.4, 0.5) is 0 Å². The molecule has 3 rings (SSSR count).